The van der Waals surface area contributed by atoms with Gasteiger partial charge in [-0.05, 0) is 6.42 Å². The van der Waals surface area contributed by atoms with Crippen LogP contribution in [0.3, 0.4) is 0 Å². The van der Waals surface area contributed by atoms with Gasteiger partial charge in [0.25, 0.3) is 0 Å². The second kappa shape index (κ2) is 4.92. The van der Waals surface area contributed by atoms with Crippen molar-refractivity contribution in [2.75, 3.05) is 6.61 Å². The first-order valence-electron chi connectivity index (χ1n) is 4.15. The number of esters is 1. The minimum Gasteiger partial charge on any atom is -0.460 e. The molecule has 0 amide bonds. The van der Waals surface area contributed by atoms with E-state index in [1.165, 1.54) is 12.3 Å². The summed E-state index contributed by atoms with van der Waals surface area (Å²) < 4.78 is 9.74. The van der Waals surface area contributed by atoms with Crippen LogP contribution in [-0.2, 0) is 4.74 Å². The van der Waals surface area contributed by atoms with Crippen LogP contribution < -0.4 is 0 Å². The van der Waals surface area contributed by atoms with Crippen LogP contribution in [0.1, 0.15) is 30.3 Å². The molecule has 72 valence electrons. The molecule has 0 spiro atoms. The molecule has 0 N–H and O–H groups in total. The summed E-state index contributed by atoms with van der Waals surface area (Å²) in [5.74, 6) is -0.304. The van der Waals surface area contributed by atoms with Crippen LogP contribution >= 0.6 is 11.6 Å². The van der Waals surface area contributed by atoms with Crippen molar-refractivity contribution < 1.29 is 13.9 Å². The van der Waals surface area contributed by atoms with E-state index < -0.39 is 5.97 Å². The van der Waals surface area contributed by atoms with Gasteiger partial charge in [-0.1, -0.05) is 24.9 Å². The zero-order valence-corrected chi connectivity index (χ0v) is 8.13. The first-order valence-corrected chi connectivity index (χ1v) is 4.53. The van der Waals surface area contributed by atoms with Gasteiger partial charge in [0.2, 0.25) is 5.76 Å². The van der Waals surface area contributed by atoms with Crippen LogP contribution in [0.25, 0.3) is 0 Å². The molecule has 0 atom stereocenters. The third kappa shape index (κ3) is 3.11. The highest BCUT2D eigenvalue weighted by molar-refractivity contribution is 6.30. The number of hydrogen-bond donors (Lipinski definition) is 0. The second-order valence-corrected chi connectivity index (χ2v) is 3.06. The van der Waals surface area contributed by atoms with Crippen LogP contribution in [0.15, 0.2) is 16.7 Å². The van der Waals surface area contributed by atoms with E-state index in [9.17, 15) is 4.79 Å². The van der Waals surface area contributed by atoms with Gasteiger partial charge >= 0.3 is 5.97 Å². The summed E-state index contributed by atoms with van der Waals surface area (Å²) in [4.78, 5) is 11.2. The predicted molar refractivity (Wildman–Crippen MR) is 48.9 cm³/mol. The summed E-state index contributed by atoms with van der Waals surface area (Å²) in [7, 11) is 0. The first kappa shape index (κ1) is 10.1. The maximum absolute atomic E-state index is 11.2. The number of carbonyl (C=O) groups is 1. The van der Waals surface area contributed by atoms with Gasteiger partial charge in [0, 0.05) is 6.07 Å². The lowest BCUT2D eigenvalue weighted by Crippen LogP contribution is -2.04. The normalized spacial score (nSPS) is 10.0. The molecule has 1 aromatic rings. The zero-order valence-electron chi connectivity index (χ0n) is 7.38. The Kier molecular flexibility index (Phi) is 3.83. The Bertz CT molecular complexity index is 280. The molecule has 13 heavy (non-hydrogen) atoms. The molecule has 0 aliphatic carbocycles. The van der Waals surface area contributed by atoms with E-state index in [-0.39, 0.29) is 5.76 Å². The fourth-order valence-electron chi connectivity index (χ4n) is 0.800. The Labute approximate surface area is 81.6 Å². The number of furan rings is 1. The van der Waals surface area contributed by atoms with Crippen molar-refractivity contribution in [3.8, 4) is 0 Å². The van der Waals surface area contributed by atoms with Gasteiger partial charge in [-0.2, -0.15) is 0 Å². The molecule has 0 aromatic carbocycles. The van der Waals surface area contributed by atoms with Crippen molar-refractivity contribution in [2.45, 2.75) is 19.8 Å². The summed E-state index contributed by atoms with van der Waals surface area (Å²) in [5, 5.41) is 0.405. The molecule has 3 nitrogen and oxygen atoms in total. The van der Waals surface area contributed by atoms with Crippen molar-refractivity contribution >= 4 is 17.6 Å². The van der Waals surface area contributed by atoms with E-state index in [2.05, 4.69) is 0 Å². The van der Waals surface area contributed by atoms with Gasteiger partial charge < -0.3 is 9.15 Å². The van der Waals surface area contributed by atoms with Crippen molar-refractivity contribution in [3.05, 3.63) is 23.1 Å². The number of hydrogen-bond acceptors (Lipinski definition) is 3. The highest BCUT2D eigenvalue weighted by Crippen LogP contribution is 2.13. The van der Waals surface area contributed by atoms with Crippen molar-refractivity contribution in [1.29, 1.82) is 0 Å². The second-order valence-electron chi connectivity index (χ2n) is 2.62. The molecule has 1 aromatic heterocycles. The molecule has 0 radical (unpaired) electrons. The number of unbranched alkanes of at least 4 members (excludes halogenated alkanes) is 1. The highest BCUT2D eigenvalue weighted by atomic mass is 35.5. The molecule has 0 bridgehead atoms. The lowest BCUT2D eigenvalue weighted by atomic mass is 10.4. The smallest absolute Gasteiger partial charge is 0.374 e. The molecule has 0 saturated carbocycles. The van der Waals surface area contributed by atoms with Gasteiger partial charge in [-0.25, -0.2) is 4.79 Å². The Morgan fingerprint density at radius 2 is 2.46 bits per heavy atom. The Morgan fingerprint density at radius 1 is 1.69 bits per heavy atom. The minimum absolute atomic E-state index is 0.154. The van der Waals surface area contributed by atoms with Crippen molar-refractivity contribution in [1.82, 2.24) is 0 Å². The molecule has 0 fully saturated rings. The van der Waals surface area contributed by atoms with E-state index >= 15 is 0 Å². The van der Waals surface area contributed by atoms with Crippen LogP contribution in [0.2, 0.25) is 5.02 Å². The number of ether oxygens (including phenoxy) is 1. The average Bonchev–Trinajstić information content (AvgIpc) is 2.52. The summed E-state index contributed by atoms with van der Waals surface area (Å²) in [6.07, 6.45) is 3.16. The lowest BCUT2D eigenvalue weighted by molar-refractivity contribution is 0.0463. The standard InChI is InChI=1S/C9H11ClO3/c1-2-3-4-12-9(11)8-5-7(10)6-13-8/h5-6H,2-4H2,1H3. The zero-order chi connectivity index (χ0) is 9.68. The lowest BCUT2D eigenvalue weighted by Gasteiger charge is -1.99. The summed E-state index contributed by atoms with van der Waals surface area (Å²) in [5.41, 5.74) is 0. The van der Waals surface area contributed by atoms with Gasteiger partial charge in [0.15, 0.2) is 0 Å². The number of carbonyl (C=O) groups excluding carboxylic acids is 1. The predicted octanol–water partition coefficient (Wildman–Crippen LogP) is 2.89. The van der Waals surface area contributed by atoms with Crippen molar-refractivity contribution in [2.24, 2.45) is 0 Å². The molecular formula is C9H11ClO3. The quantitative estimate of drug-likeness (QED) is 0.557. The Hall–Kier alpha value is -0.960. The topological polar surface area (TPSA) is 39.4 Å². The summed E-state index contributed by atoms with van der Waals surface area (Å²) >= 11 is 5.56. The largest absolute Gasteiger partial charge is 0.460 e. The summed E-state index contributed by atoms with van der Waals surface area (Å²) in [6, 6.07) is 1.44. The Morgan fingerprint density at radius 3 is 3.00 bits per heavy atom. The van der Waals surface area contributed by atoms with E-state index in [0.29, 0.717) is 11.6 Å². The Balaban J connectivity index is 2.40. The summed E-state index contributed by atoms with van der Waals surface area (Å²) in [6.45, 7) is 2.45. The van der Waals surface area contributed by atoms with Crippen LogP contribution in [0, 0.1) is 0 Å². The molecule has 4 heteroatoms. The van der Waals surface area contributed by atoms with Gasteiger partial charge in [-0.3, -0.25) is 0 Å². The number of halogens is 1. The molecule has 1 rings (SSSR count). The van der Waals surface area contributed by atoms with Gasteiger partial charge in [0.1, 0.15) is 6.26 Å². The average molecular weight is 203 g/mol. The highest BCUT2D eigenvalue weighted by Gasteiger charge is 2.11. The van der Waals surface area contributed by atoms with Gasteiger partial charge in [0.05, 0.1) is 11.6 Å². The van der Waals surface area contributed by atoms with E-state index in [4.69, 9.17) is 20.8 Å². The van der Waals surface area contributed by atoms with Crippen LogP contribution in [0.4, 0.5) is 0 Å². The molecule has 0 aliphatic rings. The first-order chi connectivity index (χ1) is 6.24. The van der Waals surface area contributed by atoms with Crippen LogP contribution in [-0.4, -0.2) is 12.6 Å². The van der Waals surface area contributed by atoms with E-state index in [0.717, 1.165) is 12.8 Å². The maximum Gasteiger partial charge on any atom is 0.374 e. The molecule has 0 unspecified atom stereocenters. The molecule has 0 saturated heterocycles. The van der Waals surface area contributed by atoms with E-state index in [1.807, 2.05) is 6.92 Å². The minimum atomic E-state index is -0.458. The molecular weight excluding hydrogens is 192 g/mol. The fraction of sp³-hybridized carbons (Fsp3) is 0.444. The van der Waals surface area contributed by atoms with Gasteiger partial charge in [-0.15, -0.1) is 0 Å². The monoisotopic (exact) mass is 202 g/mol. The van der Waals surface area contributed by atoms with E-state index in [1.54, 1.807) is 0 Å². The number of rotatable bonds is 4. The molecule has 1 heterocycles. The SMILES string of the molecule is CCCCOC(=O)c1cc(Cl)co1. The maximum atomic E-state index is 11.2. The van der Waals surface area contributed by atoms with Crippen molar-refractivity contribution in [3.63, 3.8) is 0 Å². The molecule has 0 aliphatic heterocycles. The third-order valence-corrected chi connectivity index (χ3v) is 1.70. The third-order valence-electron chi connectivity index (χ3n) is 1.50. The fourth-order valence-corrected chi connectivity index (χ4v) is 0.944. The van der Waals surface area contributed by atoms with Crippen LogP contribution in [0.5, 0.6) is 0 Å².